The van der Waals surface area contributed by atoms with Crippen molar-refractivity contribution >= 4 is 5.95 Å². The van der Waals surface area contributed by atoms with Crippen molar-refractivity contribution in [2.45, 2.75) is 25.9 Å². The highest BCUT2D eigenvalue weighted by molar-refractivity contribution is 5.34. The molecule has 1 aliphatic heterocycles. The number of methoxy groups -OCH3 is 1. The van der Waals surface area contributed by atoms with Crippen molar-refractivity contribution in [1.29, 1.82) is 0 Å². The fourth-order valence-corrected chi connectivity index (χ4v) is 3.85. The minimum absolute atomic E-state index is 0.0312. The summed E-state index contributed by atoms with van der Waals surface area (Å²) in [5, 5.41) is 0. The third-order valence-corrected chi connectivity index (χ3v) is 5.48. The number of H-pyrrole nitrogens is 1. The normalized spacial score (nSPS) is 14.1. The molecule has 0 amide bonds. The van der Waals surface area contributed by atoms with E-state index in [-0.39, 0.29) is 5.56 Å². The van der Waals surface area contributed by atoms with Gasteiger partial charge in [0.25, 0.3) is 5.56 Å². The molecule has 156 valence electrons. The fourth-order valence-electron chi connectivity index (χ4n) is 3.85. The molecule has 0 aliphatic carbocycles. The van der Waals surface area contributed by atoms with E-state index in [0.717, 1.165) is 48.6 Å². The van der Waals surface area contributed by atoms with Crippen LogP contribution in [0.15, 0.2) is 53.6 Å². The Labute approximate surface area is 176 Å². The first kappa shape index (κ1) is 20.1. The second-order valence-electron chi connectivity index (χ2n) is 7.66. The summed E-state index contributed by atoms with van der Waals surface area (Å²) in [5.74, 6) is 1.47. The van der Waals surface area contributed by atoms with Gasteiger partial charge in [-0.25, -0.2) is 4.98 Å². The molecule has 2 aromatic heterocycles. The van der Waals surface area contributed by atoms with Crippen LogP contribution in [0.4, 0.5) is 5.95 Å². The summed E-state index contributed by atoms with van der Waals surface area (Å²) >= 11 is 0. The number of nitrogens with one attached hydrogen (secondary N) is 1. The highest BCUT2D eigenvalue weighted by Crippen LogP contribution is 2.18. The number of pyridine rings is 1. The smallest absolute Gasteiger partial charge is 0.255 e. The molecule has 0 unspecified atom stereocenters. The van der Waals surface area contributed by atoms with Gasteiger partial charge in [-0.3, -0.25) is 19.7 Å². The molecule has 0 spiro atoms. The Balaban J connectivity index is 1.47. The number of rotatable bonds is 6. The Hall–Kier alpha value is -3.19. The summed E-state index contributed by atoms with van der Waals surface area (Å²) in [4.78, 5) is 29.0. The van der Waals surface area contributed by atoms with Crippen molar-refractivity contribution in [1.82, 2.24) is 19.9 Å². The molecule has 7 heteroatoms. The van der Waals surface area contributed by atoms with Gasteiger partial charge in [-0.2, -0.15) is 0 Å². The molecule has 0 atom stereocenters. The van der Waals surface area contributed by atoms with Crippen LogP contribution >= 0.6 is 0 Å². The van der Waals surface area contributed by atoms with Crippen molar-refractivity contribution in [3.8, 4) is 5.75 Å². The first-order valence-corrected chi connectivity index (χ1v) is 10.2. The van der Waals surface area contributed by atoms with Crippen LogP contribution in [0.1, 0.15) is 22.4 Å². The van der Waals surface area contributed by atoms with E-state index in [2.05, 4.69) is 27.0 Å². The summed E-state index contributed by atoms with van der Waals surface area (Å²) in [6, 6.07) is 12.1. The average Bonchev–Trinajstić information content (AvgIpc) is 2.97. The number of hydrogen-bond acceptors (Lipinski definition) is 6. The summed E-state index contributed by atoms with van der Waals surface area (Å²) in [5.41, 5.74) is 3.96. The second kappa shape index (κ2) is 9.09. The largest absolute Gasteiger partial charge is 0.497 e. The molecule has 30 heavy (non-hydrogen) atoms. The number of aromatic nitrogens is 3. The maximum Gasteiger partial charge on any atom is 0.255 e. The van der Waals surface area contributed by atoms with Gasteiger partial charge in [0.05, 0.1) is 12.8 Å². The molecule has 0 radical (unpaired) electrons. The van der Waals surface area contributed by atoms with Crippen LogP contribution < -0.4 is 15.2 Å². The highest BCUT2D eigenvalue weighted by Gasteiger charge is 2.20. The molecule has 7 nitrogen and oxygen atoms in total. The predicted molar refractivity (Wildman–Crippen MR) is 117 cm³/mol. The lowest BCUT2D eigenvalue weighted by Gasteiger charge is -2.20. The van der Waals surface area contributed by atoms with Gasteiger partial charge >= 0.3 is 0 Å². The Kier molecular flexibility index (Phi) is 6.09. The monoisotopic (exact) mass is 405 g/mol. The predicted octanol–water partition coefficient (Wildman–Crippen LogP) is 2.41. The molecule has 3 heterocycles. The van der Waals surface area contributed by atoms with Crippen molar-refractivity contribution < 1.29 is 4.74 Å². The van der Waals surface area contributed by atoms with Gasteiger partial charge in [-0.05, 0) is 35.7 Å². The number of benzene rings is 1. The zero-order chi connectivity index (χ0) is 20.9. The third kappa shape index (κ3) is 4.68. The van der Waals surface area contributed by atoms with Crippen LogP contribution in [0.5, 0.6) is 5.75 Å². The van der Waals surface area contributed by atoms with Gasteiger partial charge in [0, 0.05) is 57.6 Å². The van der Waals surface area contributed by atoms with Crippen molar-refractivity contribution in [3.05, 3.63) is 81.5 Å². The number of ether oxygens (including phenoxy) is 1. The number of aromatic amines is 1. The van der Waals surface area contributed by atoms with E-state index in [1.807, 2.05) is 42.4 Å². The van der Waals surface area contributed by atoms with Gasteiger partial charge in [-0.15, -0.1) is 0 Å². The SMILES string of the molecule is COc1cccc(CN2CCc3nc(N(C)Cc4cccnc4)[nH]c(=O)c3CC2)c1. The maximum absolute atomic E-state index is 12.8. The van der Waals surface area contributed by atoms with Crippen LogP contribution in [0.3, 0.4) is 0 Å². The standard InChI is InChI=1S/C23H27N5O2/c1-27(15-18-6-4-10-24-14-18)23-25-21-9-12-28(11-8-20(21)22(29)26-23)16-17-5-3-7-19(13-17)30-2/h3-7,10,13-14H,8-9,11-12,15-16H2,1-2H3,(H,25,26,29). The lowest BCUT2D eigenvalue weighted by atomic mass is 10.1. The Morgan fingerprint density at radius 1 is 1.17 bits per heavy atom. The zero-order valence-electron chi connectivity index (χ0n) is 17.5. The molecule has 1 aromatic carbocycles. The van der Waals surface area contributed by atoms with E-state index in [0.29, 0.717) is 18.9 Å². The fraction of sp³-hybridized carbons (Fsp3) is 0.348. The van der Waals surface area contributed by atoms with E-state index in [4.69, 9.17) is 9.72 Å². The number of anilines is 1. The molecule has 0 saturated carbocycles. The highest BCUT2D eigenvalue weighted by atomic mass is 16.5. The summed E-state index contributed by atoms with van der Waals surface area (Å²) in [7, 11) is 3.62. The Bertz CT molecular complexity index is 1050. The van der Waals surface area contributed by atoms with Crippen LogP contribution in [-0.2, 0) is 25.9 Å². The summed E-state index contributed by atoms with van der Waals surface area (Å²) in [6.07, 6.45) is 5.04. The third-order valence-electron chi connectivity index (χ3n) is 5.48. The summed E-state index contributed by atoms with van der Waals surface area (Å²) in [6.45, 7) is 3.17. The maximum atomic E-state index is 12.8. The van der Waals surface area contributed by atoms with Gasteiger partial charge in [0.2, 0.25) is 5.95 Å². The van der Waals surface area contributed by atoms with Crippen LogP contribution in [0, 0.1) is 0 Å². The first-order chi connectivity index (χ1) is 14.6. The van der Waals surface area contributed by atoms with Gasteiger partial charge in [-0.1, -0.05) is 18.2 Å². The van der Waals surface area contributed by atoms with E-state index >= 15 is 0 Å². The van der Waals surface area contributed by atoms with Gasteiger partial charge in [0.1, 0.15) is 5.75 Å². The van der Waals surface area contributed by atoms with Crippen LogP contribution in [0.25, 0.3) is 0 Å². The summed E-state index contributed by atoms with van der Waals surface area (Å²) < 4.78 is 5.33. The minimum atomic E-state index is -0.0312. The molecular formula is C23H27N5O2. The Morgan fingerprint density at radius 3 is 2.80 bits per heavy atom. The molecule has 3 aromatic rings. The molecular weight excluding hydrogens is 378 g/mol. The van der Waals surface area contributed by atoms with Crippen LogP contribution in [-0.4, -0.2) is 47.1 Å². The van der Waals surface area contributed by atoms with E-state index in [1.165, 1.54) is 5.56 Å². The topological polar surface area (TPSA) is 74.3 Å². The number of fused-ring (bicyclic) bond motifs is 1. The van der Waals surface area contributed by atoms with E-state index in [1.54, 1.807) is 13.3 Å². The molecule has 4 rings (SSSR count). The zero-order valence-corrected chi connectivity index (χ0v) is 17.5. The molecule has 1 aliphatic rings. The quantitative estimate of drug-likeness (QED) is 0.679. The van der Waals surface area contributed by atoms with Crippen molar-refractivity contribution in [3.63, 3.8) is 0 Å². The molecule has 0 fully saturated rings. The van der Waals surface area contributed by atoms with Crippen molar-refractivity contribution in [2.75, 3.05) is 32.1 Å². The molecule has 0 saturated heterocycles. The lowest BCUT2D eigenvalue weighted by Crippen LogP contribution is -2.27. The minimum Gasteiger partial charge on any atom is -0.497 e. The lowest BCUT2D eigenvalue weighted by molar-refractivity contribution is 0.278. The Morgan fingerprint density at radius 2 is 2.00 bits per heavy atom. The van der Waals surface area contributed by atoms with E-state index in [9.17, 15) is 4.79 Å². The average molecular weight is 406 g/mol. The second-order valence-corrected chi connectivity index (χ2v) is 7.66. The van der Waals surface area contributed by atoms with Crippen LogP contribution in [0.2, 0.25) is 0 Å². The van der Waals surface area contributed by atoms with E-state index < -0.39 is 0 Å². The number of hydrogen-bond donors (Lipinski definition) is 1. The van der Waals surface area contributed by atoms with Gasteiger partial charge < -0.3 is 9.64 Å². The molecule has 1 N–H and O–H groups in total. The van der Waals surface area contributed by atoms with Crippen molar-refractivity contribution in [2.24, 2.45) is 0 Å². The molecule has 0 bridgehead atoms. The number of nitrogens with zero attached hydrogens (tertiary/aromatic N) is 4. The first-order valence-electron chi connectivity index (χ1n) is 10.2. The van der Waals surface area contributed by atoms with Gasteiger partial charge in [0.15, 0.2) is 0 Å².